The number of likely N-dealkylation sites (N-methyl/N-ethyl adjacent to an activating group) is 1. The molecular weight excluding hydrogens is 280 g/mol. The van der Waals surface area contributed by atoms with E-state index in [1.807, 2.05) is 0 Å². The van der Waals surface area contributed by atoms with Crippen molar-refractivity contribution in [1.82, 2.24) is 0 Å². The van der Waals surface area contributed by atoms with Crippen LogP contribution >= 0.6 is 0 Å². The molecule has 2 unspecified atom stereocenters. The van der Waals surface area contributed by atoms with Gasteiger partial charge in [0.25, 0.3) is 0 Å². The fraction of sp³-hybridized carbons (Fsp3) is 0.143. The van der Waals surface area contributed by atoms with Crippen molar-refractivity contribution in [3.8, 4) is 0 Å². The second-order valence-corrected chi connectivity index (χ2v) is 6.39. The molecule has 23 heavy (non-hydrogen) atoms. The molecule has 5 rings (SSSR count). The fourth-order valence-electron chi connectivity index (χ4n) is 4.46. The zero-order valence-corrected chi connectivity index (χ0v) is 13.0. The van der Waals surface area contributed by atoms with Crippen LogP contribution in [0.3, 0.4) is 0 Å². The maximum absolute atomic E-state index is 3.76. The zero-order chi connectivity index (χ0) is 15.4. The van der Waals surface area contributed by atoms with Gasteiger partial charge in [0.1, 0.15) is 6.17 Å². The number of hydrogen-bond acceptors (Lipinski definition) is 2. The molecule has 2 heterocycles. The van der Waals surface area contributed by atoms with E-state index in [1.165, 1.54) is 28.1 Å². The van der Waals surface area contributed by atoms with Crippen molar-refractivity contribution in [2.45, 2.75) is 11.6 Å². The van der Waals surface area contributed by atoms with E-state index < -0.39 is 0 Å². The molecule has 0 amide bonds. The second-order valence-electron chi connectivity index (χ2n) is 6.39. The minimum atomic E-state index is -0.150. The van der Waals surface area contributed by atoms with Crippen LogP contribution < -0.4 is 10.2 Å². The molecule has 0 fully saturated rings. The first-order chi connectivity index (χ1) is 11.3. The molecule has 0 saturated heterocycles. The summed E-state index contributed by atoms with van der Waals surface area (Å²) >= 11 is 0. The van der Waals surface area contributed by atoms with Gasteiger partial charge in [0.2, 0.25) is 0 Å². The quantitative estimate of drug-likeness (QED) is 0.723. The van der Waals surface area contributed by atoms with Gasteiger partial charge in [-0.1, -0.05) is 66.7 Å². The summed E-state index contributed by atoms with van der Waals surface area (Å²) in [6.07, 6.45) is 0.208. The highest BCUT2D eigenvalue weighted by molar-refractivity contribution is 5.81. The summed E-state index contributed by atoms with van der Waals surface area (Å²) in [5, 5.41) is 3.76. The molecule has 0 radical (unpaired) electrons. The van der Waals surface area contributed by atoms with Crippen LogP contribution in [0.4, 0.5) is 11.4 Å². The molecule has 0 spiro atoms. The maximum atomic E-state index is 3.76. The highest BCUT2D eigenvalue weighted by atomic mass is 15.3. The van der Waals surface area contributed by atoms with Crippen molar-refractivity contribution >= 4 is 11.4 Å². The molecule has 0 aliphatic carbocycles. The SMILES string of the molecule is CN1c2ccccc2C2(c3ccccc3)c3ccccc3NC12. The number of rotatable bonds is 1. The van der Waals surface area contributed by atoms with Gasteiger partial charge >= 0.3 is 0 Å². The summed E-state index contributed by atoms with van der Waals surface area (Å²) in [7, 11) is 2.19. The molecule has 3 aromatic carbocycles. The van der Waals surface area contributed by atoms with Crippen molar-refractivity contribution < 1.29 is 0 Å². The van der Waals surface area contributed by atoms with Crippen molar-refractivity contribution in [3.05, 3.63) is 95.6 Å². The highest BCUT2D eigenvalue weighted by Crippen LogP contribution is 2.57. The van der Waals surface area contributed by atoms with E-state index >= 15 is 0 Å². The topological polar surface area (TPSA) is 15.3 Å². The van der Waals surface area contributed by atoms with Crippen LogP contribution in [0.25, 0.3) is 0 Å². The molecule has 0 saturated carbocycles. The third-order valence-corrected chi connectivity index (χ3v) is 5.38. The fourth-order valence-corrected chi connectivity index (χ4v) is 4.46. The molecule has 0 aromatic heterocycles. The van der Waals surface area contributed by atoms with E-state index in [0.717, 1.165) is 0 Å². The number of anilines is 2. The Morgan fingerprint density at radius 1 is 0.783 bits per heavy atom. The summed E-state index contributed by atoms with van der Waals surface area (Å²) in [5.74, 6) is 0. The number of hydrogen-bond donors (Lipinski definition) is 1. The Balaban J connectivity index is 1.91. The molecule has 3 aromatic rings. The molecule has 112 valence electrons. The van der Waals surface area contributed by atoms with Gasteiger partial charge in [0.15, 0.2) is 0 Å². The third kappa shape index (κ3) is 1.43. The summed E-state index contributed by atoms with van der Waals surface area (Å²) in [5.41, 5.74) is 6.50. The predicted octanol–water partition coefficient (Wildman–Crippen LogP) is 4.22. The number of benzene rings is 3. The summed E-state index contributed by atoms with van der Waals surface area (Å²) in [6, 6.07) is 28.4. The van der Waals surface area contributed by atoms with Crippen LogP contribution in [0.1, 0.15) is 16.7 Å². The Kier molecular flexibility index (Phi) is 2.44. The first kappa shape index (κ1) is 12.8. The molecule has 2 heteroatoms. The Morgan fingerprint density at radius 3 is 2.26 bits per heavy atom. The number of nitrogens with zero attached hydrogens (tertiary/aromatic N) is 1. The molecule has 2 aliphatic rings. The van der Waals surface area contributed by atoms with Gasteiger partial charge in [-0.2, -0.15) is 0 Å². The molecule has 2 aliphatic heterocycles. The maximum Gasteiger partial charge on any atom is 0.117 e. The normalized spacial score (nSPS) is 23.9. The summed E-state index contributed by atoms with van der Waals surface area (Å²) < 4.78 is 0. The lowest BCUT2D eigenvalue weighted by Gasteiger charge is -2.33. The van der Waals surface area contributed by atoms with Crippen LogP contribution in [0.2, 0.25) is 0 Å². The molecule has 2 nitrogen and oxygen atoms in total. The summed E-state index contributed by atoms with van der Waals surface area (Å²) in [6.45, 7) is 0. The lowest BCUT2D eigenvalue weighted by atomic mass is 9.70. The van der Waals surface area contributed by atoms with Gasteiger partial charge in [0, 0.05) is 18.4 Å². The van der Waals surface area contributed by atoms with E-state index in [0.29, 0.717) is 0 Å². The molecule has 2 atom stereocenters. The lowest BCUT2D eigenvalue weighted by Crippen LogP contribution is -2.45. The Morgan fingerprint density at radius 2 is 1.43 bits per heavy atom. The van der Waals surface area contributed by atoms with Gasteiger partial charge in [-0.05, 0) is 28.8 Å². The molecule has 1 N–H and O–H groups in total. The zero-order valence-electron chi connectivity index (χ0n) is 13.0. The van der Waals surface area contributed by atoms with Crippen molar-refractivity contribution in [1.29, 1.82) is 0 Å². The Hall–Kier alpha value is -2.74. The van der Waals surface area contributed by atoms with Crippen LogP contribution in [-0.4, -0.2) is 13.2 Å². The average Bonchev–Trinajstić information content (AvgIpc) is 3.09. The molecular formula is C21H18N2. The van der Waals surface area contributed by atoms with Crippen LogP contribution in [-0.2, 0) is 5.41 Å². The van der Waals surface area contributed by atoms with Crippen molar-refractivity contribution in [3.63, 3.8) is 0 Å². The van der Waals surface area contributed by atoms with Crippen LogP contribution in [0.15, 0.2) is 78.9 Å². The monoisotopic (exact) mass is 298 g/mol. The van der Waals surface area contributed by atoms with Crippen molar-refractivity contribution in [2.75, 3.05) is 17.3 Å². The Labute approximate surface area is 136 Å². The first-order valence-electron chi connectivity index (χ1n) is 8.07. The Bertz CT molecular complexity index is 887. The van der Waals surface area contributed by atoms with E-state index in [4.69, 9.17) is 0 Å². The van der Waals surface area contributed by atoms with Gasteiger partial charge in [-0.25, -0.2) is 0 Å². The van der Waals surface area contributed by atoms with Gasteiger partial charge in [0.05, 0.1) is 5.41 Å². The standard InChI is InChI=1S/C21H18N2/c1-23-19-14-8-6-12-17(19)21(15-9-3-2-4-10-15)16-11-5-7-13-18(16)22-20(21)23/h2-14,20,22H,1H3. The second kappa shape index (κ2) is 4.39. The van der Waals surface area contributed by atoms with Crippen molar-refractivity contribution in [2.24, 2.45) is 0 Å². The van der Waals surface area contributed by atoms with E-state index in [-0.39, 0.29) is 11.6 Å². The highest BCUT2D eigenvalue weighted by Gasteiger charge is 2.56. The van der Waals surface area contributed by atoms with Crippen LogP contribution in [0.5, 0.6) is 0 Å². The van der Waals surface area contributed by atoms with Gasteiger partial charge in [-0.3, -0.25) is 0 Å². The van der Waals surface area contributed by atoms with Gasteiger partial charge < -0.3 is 10.2 Å². The number of nitrogens with one attached hydrogen (secondary N) is 1. The third-order valence-electron chi connectivity index (χ3n) is 5.38. The minimum absolute atomic E-state index is 0.150. The summed E-state index contributed by atoms with van der Waals surface area (Å²) in [4.78, 5) is 2.38. The predicted molar refractivity (Wildman–Crippen MR) is 95.0 cm³/mol. The smallest absolute Gasteiger partial charge is 0.117 e. The van der Waals surface area contributed by atoms with E-state index in [1.54, 1.807) is 0 Å². The number of para-hydroxylation sites is 2. The largest absolute Gasteiger partial charge is 0.364 e. The molecule has 0 bridgehead atoms. The lowest BCUT2D eigenvalue weighted by molar-refractivity contribution is 0.567. The van der Waals surface area contributed by atoms with Gasteiger partial charge in [-0.15, -0.1) is 0 Å². The number of fused-ring (bicyclic) bond motifs is 5. The van der Waals surface area contributed by atoms with E-state index in [2.05, 4.69) is 96.1 Å². The van der Waals surface area contributed by atoms with Crippen LogP contribution in [0, 0.1) is 0 Å². The minimum Gasteiger partial charge on any atom is -0.364 e. The average molecular weight is 298 g/mol. The first-order valence-corrected chi connectivity index (χ1v) is 8.07. The van der Waals surface area contributed by atoms with E-state index in [9.17, 15) is 0 Å².